The molecule has 0 bridgehead atoms. The monoisotopic (exact) mass is 942 g/mol. The molecule has 1 aliphatic heterocycles. The number of aryl methyl sites for hydroxylation is 1. The Hall–Kier alpha value is -4.96. The number of methoxy groups -OCH3 is 5. The van der Waals surface area contributed by atoms with Crippen molar-refractivity contribution in [2.45, 2.75) is 89.2 Å². The molecule has 0 spiro atoms. The maximum Gasteiger partial charge on any atom is 0.329 e. The largest absolute Gasteiger partial charge is 0.493 e. The second-order valence-electron chi connectivity index (χ2n) is 15.8. The van der Waals surface area contributed by atoms with Gasteiger partial charge in [-0.05, 0) is 104 Å². The molecule has 366 valence electrons. The predicted molar refractivity (Wildman–Crippen MR) is 252 cm³/mol. The molecule has 3 aromatic carbocycles. The van der Waals surface area contributed by atoms with Crippen molar-refractivity contribution in [1.29, 1.82) is 0 Å². The fraction of sp³-hybridized carbons (Fsp3) is 0.580. The van der Waals surface area contributed by atoms with E-state index in [9.17, 15) is 14.4 Å². The van der Waals surface area contributed by atoms with Gasteiger partial charge < -0.3 is 57.6 Å². The number of nitrogens with one attached hydrogen (secondary N) is 1. The number of nitrogens with zero attached hydrogens (tertiary/aromatic N) is 1. The van der Waals surface area contributed by atoms with Crippen LogP contribution >= 0.6 is 11.6 Å². The van der Waals surface area contributed by atoms with Gasteiger partial charge in [0, 0.05) is 25.6 Å². The van der Waals surface area contributed by atoms with E-state index in [4.69, 9.17) is 59.0 Å². The van der Waals surface area contributed by atoms with Gasteiger partial charge in [-0.25, -0.2) is 4.79 Å². The number of likely N-dealkylation sites (tertiary alicyclic amines) is 1. The van der Waals surface area contributed by atoms with Crippen LogP contribution in [0.4, 0.5) is 0 Å². The molecule has 66 heavy (non-hydrogen) atoms. The highest BCUT2D eigenvalue weighted by Gasteiger charge is 2.38. The van der Waals surface area contributed by atoms with Gasteiger partial charge in [-0.15, -0.1) is 11.6 Å². The summed E-state index contributed by atoms with van der Waals surface area (Å²) in [5.41, 5.74) is 2.32. The van der Waals surface area contributed by atoms with E-state index in [1.165, 1.54) is 21.3 Å². The summed E-state index contributed by atoms with van der Waals surface area (Å²) in [6.45, 7) is 5.36. The van der Waals surface area contributed by atoms with Crippen molar-refractivity contribution in [3.63, 3.8) is 0 Å². The summed E-state index contributed by atoms with van der Waals surface area (Å²) in [6.07, 6.45) is 6.98. The van der Waals surface area contributed by atoms with Crippen molar-refractivity contribution < 1.29 is 61.8 Å². The highest BCUT2D eigenvalue weighted by atomic mass is 35.5. The van der Waals surface area contributed by atoms with Gasteiger partial charge in [0.05, 0.1) is 74.5 Å². The van der Waals surface area contributed by atoms with Crippen LogP contribution in [0, 0.1) is 0 Å². The average Bonchev–Trinajstić information content (AvgIpc) is 3.35. The van der Waals surface area contributed by atoms with Crippen LogP contribution in [0.3, 0.4) is 0 Å². The molecule has 0 radical (unpaired) electrons. The van der Waals surface area contributed by atoms with Gasteiger partial charge in [-0.1, -0.05) is 38.0 Å². The minimum atomic E-state index is -0.795. The standard InChI is InChI=1S/C50H71ClN2O13/c1-7-40(38-33-45(59-4)48(61-6)46(34-38)60-5)49(55)53-24-12-10-17-41(53)50(56)66-42(20-18-36-19-21-43(57-2)44(31-36)58-3)37-15-14-16-39(32-37)65-35-47(54)52-23-26-63-28-30-64-29-27-62-25-13-9-8-11-22-51/h14-16,19,21,31-34,40-42H,7-13,17-18,20,22-30,35H2,1-6H3,(H,52,54)/t40-,41-,42+/m0/s1. The van der Waals surface area contributed by atoms with Crippen molar-refractivity contribution >= 4 is 29.4 Å². The Kier molecular flexibility index (Phi) is 24.7. The maximum absolute atomic E-state index is 14.5. The molecule has 15 nitrogen and oxygen atoms in total. The number of piperidine rings is 1. The molecule has 1 heterocycles. The van der Waals surface area contributed by atoms with Crippen molar-refractivity contribution in [2.24, 2.45) is 0 Å². The molecule has 0 aromatic heterocycles. The second-order valence-corrected chi connectivity index (χ2v) is 16.1. The number of halogens is 1. The second kappa shape index (κ2) is 30.4. The Morgan fingerprint density at radius 3 is 2.08 bits per heavy atom. The molecule has 3 atom stereocenters. The zero-order chi connectivity index (χ0) is 47.5. The molecule has 16 heteroatoms. The molecule has 1 N–H and O–H groups in total. The van der Waals surface area contributed by atoms with Crippen molar-refractivity contribution in [2.75, 3.05) is 101 Å². The number of carbonyl (C=O) groups excluding carboxylic acids is 3. The van der Waals surface area contributed by atoms with E-state index in [0.29, 0.717) is 123 Å². The van der Waals surface area contributed by atoms with Crippen LogP contribution in [-0.2, 0) is 39.8 Å². The van der Waals surface area contributed by atoms with Crippen LogP contribution in [-0.4, -0.2) is 129 Å². The van der Waals surface area contributed by atoms with E-state index in [-0.39, 0.29) is 18.4 Å². The lowest BCUT2D eigenvalue weighted by molar-refractivity contribution is -0.162. The number of benzene rings is 3. The quantitative estimate of drug-likeness (QED) is 0.0367. The van der Waals surface area contributed by atoms with E-state index in [2.05, 4.69) is 5.32 Å². The fourth-order valence-electron chi connectivity index (χ4n) is 7.80. The first-order valence-electron chi connectivity index (χ1n) is 23.0. The van der Waals surface area contributed by atoms with Crippen molar-refractivity contribution in [1.82, 2.24) is 10.2 Å². The normalized spacial score (nSPS) is 14.5. The van der Waals surface area contributed by atoms with Crippen molar-refractivity contribution in [3.8, 4) is 34.5 Å². The first kappa shape index (κ1) is 53.7. The number of alkyl halides is 1. The van der Waals surface area contributed by atoms with Crippen LogP contribution < -0.4 is 33.7 Å². The molecule has 1 aliphatic rings. The molecule has 1 saturated heterocycles. The van der Waals surface area contributed by atoms with Gasteiger partial charge in [0.1, 0.15) is 17.9 Å². The number of hydrogen-bond acceptors (Lipinski definition) is 13. The fourth-order valence-corrected chi connectivity index (χ4v) is 7.99. The van der Waals surface area contributed by atoms with Crippen molar-refractivity contribution in [3.05, 3.63) is 71.3 Å². The van der Waals surface area contributed by atoms with Gasteiger partial charge in [0.25, 0.3) is 5.91 Å². The van der Waals surface area contributed by atoms with E-state index >= 15 is 0 Å². The Morgan fingerprint density at radius 1 is 0.727 bits per heavy atom. The third-order valence-electron chi connectivity index (χ3n) is 11.3. The third kappa shape index (κ3) is 17.0. The number of carbonyl (C=O) groups is 3. The Labute approximate surface area is 395 Å². The number of rotatable bonds is 32. The molecule has 2 amide bonds. The molecular weight excluding hydrogens is 872 g/mol. The summed E-state index contributed by atoms with van der Waals surface area (Å²) in [7, 11) is 7.76. The minimum Gasteiger partial charge on any atom is -0.493 e. The molecular formula is C50H71ClN2O13. The first-order chi connectivity index (χ1) is 32.2. The lowest BCUT2D eigenvalue weighted by Crippen LogP contribution is -2.50. The summed E-state index contributed by atoms with van der Waals surface area (Å²) < 4.78 is 56.7. The summed E-state index contributed by atoms with van der Waals surface area (Å²) >= 11 is 5.70. The Balaban J connectivity index is 1.38. The lowest BCUT2D eigenvalue weighted by atomic mass is 9.91. The number of amides is 2. The molecule has 3 aromatic rings. The Morgan fingerprint density at radius 2 is 1.41 bits per heavy atom. The van der Waals surface area contributed by atoms with E-state index in [1.807, 2.05) is 31.2 Å². The van der Waals surface area contributed by atoms with Gasteiger partial charge in [0.2, 0.25) is 11.7 Å². The highest BCUT2D eigenvalue weighted by Crippen LogP contribution is 2.41. The highest BCUT2D eigenvalue weighted by molar-refractivity contribution is 6.17. The van der Waals surface area contributed by atoms with Crippen LogP contribution in [0.15, 0.2) is 54.6 Å². The predicted octanol–water partition coefficient (Wildman–Crippen LogP) is 7.87. The number of esters is 1. The molecule has 0 aliphatic carbocycles. The maximum atomic E-state index is 14.5. The zero-order valence-electron chi connectivity index (χ0n) is 39.7. The van der Waals surface area contributed by atoms with Gasteiger partial charge >= 0.3 is 5.97 Å². The third-order valence-corrected chi connectivity index (χ3v) is 11.6. The van der Waals surface area contributed by atoms with Gasteiger partial charge in [-0.2, -0.15) is 0 Å². The minimum absolute atomic E-state index is 0.179. The van der Waals surface area contributed by atoms with Crippen LogP contribution in [0.25, 0.3) is 0 Å². The Bertz CT molecular complexity index is 1890. The average molecular weight is 944 g/mol. The molecule has 0 unspecified atom stereocenters. The van der Waals surface area contributed by atoms with E-state index in [1.54, 1.807) is 49.5 Å². The smallest absolute Gasteiger partial charge is 0.329 e. The van der Waals surface area contributed by atoms with Crippen LogP contribution in [0.1, 0.15) is 93.4 Å². The van der Waals surface area contributed by atoms with Crippen LogP contribution in [0.2, 0.25) is 0 Å². The summed E-state index contributed by atoms with van der Waals surface area (Å²) in [6, 6.07) is 15.6. The number of unbranched alkanes of at least 4 members (excludes halogenated alkanes) is 3. The topological polar surface area (TPSA) is 159 Å². The summed E-state index contributed by atoms with van der Waals surface area (Å²) in [4.78, 5) is 43.2. The lowest BCUT2D eigenvalue weighted by Gasteiger charge is -2.37. The van der Waals surface area contributed by atoms with Gasteiger partial charge in [0.15, 0.2) is 29.6 Å². The summed E-state index contributed by atoms with van der Waals surface area (Å²) in [5, 5.41) is 2.81. The SMILES string of the molecule is CC[C@H](C(=O)N1CCCC[C@H]1C(=O)O[C@H](CCc1ccc(OC)c(OC)c1)c1cccc(OCC(=O)NCCOCCOCCOCCCCCCCl)c1)c1cc(OC)c(OC)c(OC)c1. The summed E-state index contributed by atoms with van der Waals surface area (Å²) in [5.74, 6) is 2.09. The van der Waals surface area contributed by atoms with E-state index in [0.717, 1.165) is 50.7 Å². The van der Waals surface area contributed by atoms with E-state index < -0.39 is 24.0 Å². The van der Waals surface area contributed by atoms with Crippen LogP contribution in [0.5, 0.6) is 34.5 Å². The number of hydrogen-bond donors (Lipinski definition) is 1. The molecule has 4 rings (SSSR count). The number of ether oxygens (including phenoxy) is 10. The first-order valence-corrected chi connectivity index (χ1v) is 23.6. The molecule has 1 fully saturated rings. The zero-order valence-corrected chi connectivity index (χ0v) is 40.5. The molecule has 0 saturated carbocycles. The van der Waals surface area contributed by atoms with Gasteiger partial charge in [-0.3, -0.25) is 9.59 Å².